The molecule has 5 rings (SSSR count). The third-order valence-corrected chi connectivity index (χ3v) is 8.62. The summed E-state index contributed by atoms with van der Waals surface area (Å²) in [6.45, 7) is -0.273. The number of fused-ring (bicyclic) bond motifs is 1. The molecule has 0 aliphatic carbocycles. The number of nitrogens with one attached hydrogen (secondary N) is 1. The topological polar surface area (TPSA) is 105 Å². The monoisotopic (exact) mass is 631 g/mol. The first-order valence-electron chi connectivity index (χ1n) is 14.4. The van der Waals surface area contributed by atoms with Gasteiger partial charge in [0.05, 0.1) is 12.8 Å². The standard InChI is InChI=1S/C34H34FN3O6S/c1-45(41,42)37(21-26-10-6-3-7-11-26)23-33(39)38(22-27-12-15-29(35)16-13-27)30(18-25-8-4-2-5-9-25)34(40)36-20-28-14-17-31-32(19-28)44-24-43-31/h2-17,19,30H,18,20-24H2,1H3,(H,36,40)/t30-/m1/s1. The largest absolute Gasteiger partial charge is 0.454 e. The van der Waals surface area contributed by atoms with Crippen molar-refractivity contribution in [2.45, 2.75) is 32.1 Å². The summed E-state index contributed by atoms with van der Waals surface area (Å²) in [6, 6.07) is 28.2. The van der Waals surface area contributed by atoms with Gasteiger partial charge in [-0.05, 0) is 46.5 Å². The van der Waals surface area contributed by atoms with Gasteiger partial charge in [-0.25, -0.2) is 12.8 Å². The highest BCUT2D eigenvalue weighted by atomic mass is 32.2. The number of nitrogens with zero attached hydrogens (tertiary/aromatic N) is 2. The third-order valence-electron chi connectivity index (χ3n) is 7.42. The van der Waals surface area contributed by atoms with E-state index in [1.54, 1.807) is 36.4 Å². The van der Waals surface area contributed by atoms with Crippen LogP contribution in [0.1, 0.15) is 22.3 Å². The number of carbonyl (C=O) groups is 2. The van der Waals surface area contributed by atoms with Gasteiger partial charge >= 0.3 is 0 Å². The minimum Gasteiger partial charge on any atom is -0.454 e. The first kappa shape index (κ1) is 31.7. The van der Waals surface area contributed by atoms with Crippen molar-refractivity contribution in [3.63, 3.8) is 0 Å². The second kappa shape index (κ2) is 14.4. The van der Waals surface area contributed by atoms with Gasteiger partial charge in [-0.15, -0.1) is 0 Å². The first-order chi connectivity index (χ1) is 21.7. The molecule has 0 aromatic heterocycles. The lowest BCUT2D eigenvalue weighted by Crippen LogP contribution is -2.53. The van der Waals surface area contributed by atoms with Gasteiger partial charge in [-0.3, -0.25) is 9.59 Å². The van der Waals surface area contributed by atoms with Crippen molar-refractivity contribution in [3.05, 3.63) is 131 Å². The summed E-state index contributed by atoms with van der Waals surface area (Å²) >= 11 is 0. The molecule has 4 aromatic carbocycles. The highest BCUT2D eigenvalue weighted by molar-refractivity contribution is 7.88. The van der Waals surface area contributed by atoms with E-state index < -0.39 is 40.2 Å². The Hall–Kier alpha value is -4.74. The molecule has 1 heterocycles. The Morgan fingerprint density at radius 1 is 0.800 bits per heavy atom. The number of hydrogen-bond acceptors (Lipinski definition) is 6. The van der Waals surface area contributed by atoms with Crippen LogP contribution in [0, 0.1) is 5.82 Å². The lowest BCUT2D eigenvalue weighted by Gasteiger charge is -2.33. The molecule has 0 saturated heterocycles. The molecule has 1 N–H and O–H groups in total. The summed E-state index contributed by atoms with van der Waals surface area (Å²) < 4.78 is 51.4. The molecular weight excluding hydrogens is 597 g/mol. The molecule has 0 unspecified atom stereocenters. The maximum atomic E-state index is 14.1. The maximum absolute atomic E-state index is 14.1. The molecule has 0 bridgehead atoms. The molecule has 0 saturated carbocycles. The van der Waals surface area contributed by atoms with Crippen LogP contribution < -0.4 is 14.8 Å². The first-order valence-corrected chi connectivity index (χ1v) is 16.2. The van der Waals surface area contributed by atoms with Crippen LogP contribution in [0.4, 0.5) is 4.39 Å². The van der Waals surface area contributed by atoms with Gasteiger partial charge in [0.15, 0.2) is 11.5 Å². The smallest absolute Gasteiger partial charge is 0.243 e. The van der Waals surface area contributed by atoms with E-state index >= 15 is 0 Å². The molecule has 0 fully saturated rings. The minimum atomic E-state index is -3.81. The van der Waals surface area contributed by atoms with E-state index in [0.717, 1.165) is 21.7 Å². The van der Waals surface area contributed by atoms with E-state index in [9.17, 15) is 22.4 Å². The number of ether oxygens (including phenoxy) is 2. The van der Waals surface area contributed by atoms with Gasteiger partial charge < -0.3 is 19.7 Å². The Bertz CT molecular complexity index is 1720. The fourth-order valence-electron chi connectivity index (χ4n) is 5.02. The Morgan fingerprint density at radius 3 is 2.07 bits per heavy atom. The van der Waals surface area contributed by atoms with Crippen molar-refractivity contribution in [1.82, 2.24) is 14.5 Å². The fourth-order valence-corrected chi connectivity index (χ4v) is 5.75. The zero-order chi connectivity index (χ0) is 31.8. The number of sulfonamides is 1. The van der Waals surface area contributed by atoms with Gasteiger partial charge in [0, 0.05) is 26.1 Å². The number of halogens is 1. The molecule has 0 radical (unpaired) electrons. The predicted octanol–water partition coefficient (Wildman–Crippen LogP) is 4.27. The van der Waals surface area contributed by atoms with Gasteiger partial charge in [0.25, 0.3) is 0 Å². The SMILES string of the molecule is CS(=O)(=O)N(CC(=O)N(Cc1ccc(F)cc1)[C@H](Cc1ccccc1)C(=O)NCc1ccc2c(c1)OCO2)Cc1ccccc1. The third kappa shape index (κ3) is 8.68. The molecule has 9 nitrogen and oxygen atoms in total. The lowest BCUT2D eigenvalue weighted by molar-refractivity contribution is -0.141. The Balaban J connectivity index is 1.45. The van der Waals surface area contributed by atoms with Crippen LogP contribution in [0.3, 0.4) is 0 Å². The van der Waals surface area contributed by atoms with Crippen LogP contribution >= 0.6 is 0 Å². The van der Waals surface area contributed by atoms with Crippen molar-refractivity contribution >= 4 is 21.8 Å². The summed E-state index contributed by atoms with van der Waals surface area (Å²) in [5.74, 6) is -0.241. The molecule has 45 heavy (non-hydrogen) atoms. The van der Waals surface area contributed by atoms with Crippen LogP contribution in [0.2, 0.25) is 0 Å². The lowest BCUT2D eigenvalue weighted by atomic mass is 10.0. The minimum absolute atomic E-state index is 0.0184. The molecule has 1 atom stereocenters. The Morgan fingerprint density at radius 2 is 1.40 bits per heavy atom. The molecule has 2 amide bonds. The van der Waals surface area contributed by atoms with Crippen LogP contribution in [-0.2, 0) is 45.7 Å². The number of rotatable bonds is 13. The summed E-state index contributed by atoms with van der Waals surface area (Å²) in [7, 11) is -3.81. The van der Waals surface area contributed by atoms with Gasteiger partial charge in [0.2, 0.25) is 28.6 Å². The van der Waals surface area contributed by atoms with Gasteiger partial charge in [-0.1, -0.05) is 78.9 Å². The van der Waals surface area contributed by atoms with E-state index in [4.69, 9.17) is 9.47 Å². The average Bonchev–Trinajstić information content (AvgIpc) is 3.51. The highest BCUT2D eigenvalue weighted by Gasteiger charge is 2.33. The second-order valence-electron chi connectivity index (χ2n) is 10.8. The molecule has 4 aromatic rings. The number of amides is 2. The average molecular weight is 632 g/mol. The van der Waals surface area contributed by atoms with E-state index in [0.29, 0.717) is 22.6 Å². The van der Waals surface area contributed by atoms with Crippen LogP contribution in [0.15, 0.2) is 103 Å². The van der Waals surface area contributed by atoms with Gasteiger partial charge in [-0.2, -0.15) is 4.31 Å². The molecule has 1 aliphatic heterocycles. The molecule has 11 heteroatoms. The summed E-state index contributed by atoms with van der Waals surface area (Å²) in [6.07, 6.45) is 1.21. The van der Waals surface area contributed by atoms with Crippen molar-refractivity contribution in [3.8, 4) is 11.5 Å². The summed E-state index contributed by atoms with van der Waals surface area (Å²) in [4.78, 5) is 29.5. The van der Waals surface area contributed by atoms with E-state index in [2.05, 4.69) is 5.32 Å². The van der Waals surface area contributed by atoms with Crippen molar-refractivity contribution < 1.29 is 31.9 Å². The van der Waals surface area contributed by atoms with Crippen molar-refractivity contribution in [2.75, 3.05) is 19.6 Å². The van der Waals surface area contributed by atoms with Crippen molar-refractivity contribution in [1.29, 1.82) is 0 Å². The maximum Gasteiger partial charge on any atom is 0.243 e. The number of carbonyl (C=O) groups excluding carboxylic acids is 2. The fraction of sp³-hybridized carbons (Fsp3) is 0.235. The number of hydrogen-bond donors (Lipinski definition) is 1. The molecule has 234 valence electrons. The van der Waals surface area contributed by atoms with E-state index in [-0.39, 0.29) is 32.8 Å². The Labute approximate surface area is 262 Å². The van der Waals surface area contributed by atoms with Gasteiger partial charge in [0.1, 0.15) is 11.9 Å². The van der Waals surface area contributed by atoms with E-state index in [1.165, 1.54) is 29.2 Å². The molecule has 1 aliphatic rings. The zero-order valence-electron chi connectivity index (χ0n) is 24.8. The van der Waals surface area contributed by atoms with Crippen molar-refractivity contribution in [2.24, 2.45) is 0 Å². The predicted molar refractivity (Wildman–Crippen MR) is 167 cm³/mol. The van der Waals surface area contributed by atoms with Crippen LogP contribution in [0.25, 0.3) is 0 Å². The second-order valence-corrected chi connectivity index (χ2v) is 12.8. The summed E-state index contributed by atoms with van der Waals surface area (Å²) in [5.41, 5.74) is 2.87. The number of benzene rings is 4. The summed E-state index contributed by atoms with van der Waals surface area (Å²) in [5, 5.41) is 2.94. The van der Waals surface area contributed by atoms with Crippen LogP contribution in [-0.4, -0.2) is 55.1 Å². The normalized spacial score (nSPS) is 13.0. The van der Waals surface area contributed by atoms with E-state index in [1.807, 2.05) is 42.5 Å². The molecule has 0 spiro atoms. The molecular formula is C34H34FN3O6S. The Kier molecular flexibility index (Phi) is 10.1. The van der Waals surface area contributed by atoms with Crippen LogP contribution in [0.5, 0.6) is 11.5 Å². The quantitative estimate of drug-likeness (QED) is 0.236. The zero-order valence-corrected chi connectivity index (χ0v) is 25.6. The highest BCUT2D eigenvalue weighted by Crippen LogP contribution is 2.32.